The summed E-state index contributed by atoms with van der Waals surface area (Å²) in [4.78, 5) is 12.7. The van der Waals surface area contributed by atoms with Gasteiger partial charge in [0.2, 0.25) is 15.9 Å². The molecule has 0 saturated carbocycles. The molecule has 1 saturated heterocycles. The molecule has 1 aromatic heterocycles. The fraction of sp³-hybridized carbons (Fsp3) is 0.304. The minimum absolute atomic E-state index is 0.124. The number of carbonyl (C=O) groups is 1. The predicted octanol–water partition coefficient (Wildman–Crippen LogP) is 4.32. The van der Waals surface area contributed by atoms with E-state index in [2.05, 4.69) is 10.4 Å². The number of halogens is 2. The summed E-state index contributed by atoms with van der Waals surface area (Å²) < 4.78 is 43.7. The van der Waals surface area contributed by atoms with Crippen LogP contribution in [0.3, 0.4) is 0 Å². The molecule has 0 aliphatic carbocycles. The zero-order valence-electron chi connectivity index (χ0n) is 18.3. The summed E-state index contributed by atoms with van der Waals surface area (Å²) in [7, 11) is -3.80. The Balaban J connectivity index is 1.49. The SMILES string of the molecule is Cc1nn(-c2ccc(Cl)cc2)c(C)c1S(=O)(=O)N1CCC(C(=O)Nc2ccccc2F)CC1. The van der Waals surface area contributed by atoms with Crippen LogP contribution >= 0.6 is 11.6 Å². The van der Waals surface area contributed by atoms with E-state index >= 15 is 0 Å². The van der Waals surface area contributed by atoms with Crippen LogP contribution < -0.4 is 5.32 Å². The van der Waals surface area contributed by atoms with E-state index in [1.165, 1.54) is 16.4 Å². The maximum absolute atomic E-state index is 13.8. The summed E-state index contributed by atoms with van der Waals surface area (Å²) in [6.45, 7) is 3.78. The van der Waals surface area contributed by atoms with Gasteiger partial charge in [0.25, 0.3) is 0 Å². The van der Waals surface area contributed by atoms with E-state index in [1.807, 2.05) is 0 Å². The highest BCUT2D eigenvalue weighted by Gasteiger charge is 2.35. The van der Waals surface area contributed by atoms with Gasteiger partial charge in [-0.05, 0) is 63.1 Å². The molecule has 1 N–H and O–H groups in total. The summed E-state index contributed by atoms with van der Waals surface area (Å²) in [6, 6.07) is 13.0. The van der Waals surface area contributed by atoms with Gasteiger partial charge < -0.3 is 5.32 Å². The number of aromatic nitrogens is 2. The van der Waals surface area contributed by atoms with Gasteiger partial charge in [-0.1, -0.05) is 23.7 Å². The van der Waals surface area contributed by atoms with Crippen molar-refractivity contribution in [3.05, 3.63) is 70.8 Å². The molecule has 33 heavy (non-hydrogen) atoms. The van der Waals surface area contributed by atoms with Gasteiger partial charge in [-0.15, -0.1) is 0 Å². The van der Waals surface area contributed by atoms with Gasteiger partial charge in [0.1, 0.15) is 10.7 Å². The average molecular weight is 491 g/mol. The van der Waals surface area contributed by atoms with E-state index in [0.717, 1.165) is 0 Å². The highest BCUT2D eigenvalue weighted by Crippen LogP contribution is 2.30. The Morgan fingerprint density at radius 3 is 2.36 bits per heavy atom. The molecular weight excluding hydrogens is 467 g/mol. The van der Waals surface area contributed by atoms with Crippen LogP contribution in [-0.2, 0) is 14.8 Å². The number of sulfonamides is 1. The van der Waals surface area contributed by atoms with Crippen LogP contribution in [0.5, 0.6) is 0 Å². The van der Waals surface area contributed by atoms with Crippen molar-refractivity contribution in [2.24, 2.45) is 5.92 Å². The Morgan fingerprint density at radius 1 is 1.09 bits per heavy atom. The second kappa shape index (κ2) is 9.24. The molecule has 2 aromatic carbocycles. The molecule has 10 heteroatoms. The molecule has 0 bridgehead atoms. The van der Waals surface area contributed by atoms with Gasteiger partial charge in [-0.25, -0.2) is 17.5 Å². The molecule has 1 aliphatic heterocycles. The van der Waals surface area contributed by atoms with Crippen LogP contribution in [0.1, 0.15) is 24.2 Å². The first-order valence-electron chi connectivity index (χ1n) is 10.6. The lowest BCUT2D eigenvalue weighted by Crippen LogP contribution is -2.41. The fourth-order valence-corrected chi connectivity index (χ4v) is 6.07. The van der Waals surface area contributed by atoms with Gasteiger partial charge in [0.05, 0.1) is 22.8 Å². The lowest BCUT2D eigenvalue weighted by molar-refractivity contribution is -0.120. The number of anilines is 1. The van der Waals surface area contributed by atoms with Crippen molar-refractivity contribution in [1.29, 1.82) is 0 Å². The monoisotopic (exact) mass is 490 g/mol. The highest BCUT2D eigenvalue weighted by molar-refractivity contribution is 7.89. The van der Waals surface area contributed by atoms with E-state index < -0.39 is 21.8 Å². The van der Waals surface area contributed by atoms with Gasteiger partial charge in [0, 0.05) is 24.0 Å². The van der Waals surface area contributed by atoms with Crippen molar-refractivity contribution in [2.45, 2.75) is 31.6 Å². The zero-order chi connectivity index (χ0) is 23.8. The third-order valence-electron chi connectivity index (χ3n) is 5.85. The molecule has 3 aromatic rings. The number of hydrogen-bond donors (Lipinski definition) is 1. The van der Waals surface area contributed by atoms with Crippen molar-refractivity contribution >= 4 is 33.2 Å². The van der Waals surface area contributed by atoms with Crippen LogP contribution in [0.2, 0.25) is 5.02 Å². The second-order valence-electron chi connectivity index (χ2n) is 8.04. The molecule has 2 heterocycles. The first-order valence-corrected chi connectivity index (χ1v) is 12.4. The van der Waals surface area contributed by atoms with Crippen LogP contribution in [-0.4, -0.2) is 41.5 Å². The van der Waals surface area contributed by atoms with Gasteiger partial charge in [-0.3, -0.25) is 4.79 Å². The number of nitrogens with one attached hydrogen (secondary N) is 1. The van der Waals surface area contributed by atoms with Gasteiger partial charge >= 0.3 is 0 Å². The number of para-hydroxylation sites is 1. The number of nitrogens with zero attached hydrogens (tertiary/aromatic N) is 3. The van der Waals surface area contributed by atoms with E-state index in [4.69, 9.17) is 11.6 Å². The average Bonchev–Trinajstić information content (AvgIpc) is 3.10. The van der Waals surface area contributed by atoms with Gasteiger partial charge in [-0.2, -0.15) is 9.40 Å². The second-order valence-corrected chi connectivity index (χ2v) is 10.3. The molecular formula is C23H24ClFN4O3S. The van der Waals surface area contributed by atoms with E-state index in [9.17, 15) is 17.6 Å². The van der Waals surface area contributed by atoms with Crippen LogP contribution in [0.15, 0.2) is 53.4 Å². The summed E-state index contributed by atoms with van der Waals surface area (Å²) in [5.74, 6) is -1.20. The highest BCUT2D eigenvalue weighted by atomic mass is 35.5. The summed E-state index contributed by atoms with van der Waals surface area (Å²) in [5, 5.41) is 7.62. The largest absolute Gasteiger partial charge is 0.323 e. The minimum Gasteiger partial charge on any atom is -0.323 e. The van der Waals surface area contributed by atoms with E-state index in [0.29, 0.717) is 34.9 Å². The van der Waals surface area contributed by atoms with Gasteiger partial charge in [0.15, 0.2) is 0 Å². The molecule has 1 aliphatic rings. The van der Waals surface area contributed by atoms with Crippen molar-refractivity contribution in [1.82, 2.24) is 14.1 Å². The molecule has 1 fully saturated rings. The van der Waals surface area contributed by atoms with Crippen LogP contribution in [0, 0.1) is 25.6 Å². The number of carbonyl (C=O) groups excluding carboxylic acids is 1. The van der Waals surface area contributed by atoms with E-state index in [1.54, 1.807) is 54.9 Å². The van der Waals surface area contributed by atoms with Crippen LogP contribution in [0.25, 0.3) is 5.69 Å². The normalized spacial score (nSPS) is 15.5. The van der Waals surface area contributed by atoms with Crippen molar-refractivity contribution in [2.75, 3.05) is 18.4 Å². The molecule has 1 amide bonds. The smallest absolute Gasteiger partial charge is 0.246 e. The van der Waals surface area contributed by atoms with E-state index in [-0.39, 0.29) is 29.6 Å². The van der Waals surface area contributed by atoms with Crippen molar-refractivity contribution < 1.29 is 17.6 Å². The first kappa shape index (κ1) is 23.4. The number of aryl methyl sites for hydroxylation is 1. The Morgan fingerprint density at radius 2 is 1.73 bits per heavy atom. The van der Waals surface area contributed by atoms with Crippen LogP contribution in [0.4, 0.5) is 10.1 Å². The third-order valence-corrected chi connectivity index (χ3v) is 8.25. The molecule has 0 radical (unpaired) electrons. The van der Waals surface area contributed by atoms with Crippen molar-refractivity contribution in [3.63, 3.8) is 0 Å². The summed E-state index contributed by atoms with van der Waals surface area (Å²) in [6.07, 6.45) is 0.700. The summed E-state index contributed by atoms with van der Waals surface area (Å²) >= 11 is 5.96. The number of amides is 1. The quantitative estimate of drug-likeness (QED) is 0.577. The number of hydrogen-bond acceptors (Lipinski definition) is 4. The lowest BCUT2D eigenvalue weighted by atomic mass is 9.97. The van der Waals surface area contributed by atoms with Crippen molar-refractivity contribution in [3.8, 4) is 5.69 Å². The zero-order valence-corrected chi connectivity index (χ0v) is 19.8. The first-order chi connectivity index (χ1) is 15.7. The standard InChI is InChI=1S/C23H24ClFN4O3S/c1-15-22(16(2)29(27-15)19-9-7-18(24)8-10-19)33(31,32)28-13-11-17(12-14-28)23(30)26-21-6-4-3-5-20(21)25/h3-10,17H,11-14H2,1-2H3,(H,26,30). The number of rotatable bonds is 5. The lowest BCUT2D eigenvalue weighted by Gasteiger charge is -2.30. The summed E-state index contributed by atoms with van der Waals surface area (Å²) in [5.41, 5.74) is 1.75. The molecule has 0 unspecified atom stereocenters. The third kappa shape index (κ3) is 4.66. The topological polar surface area (TPSA) is 84.3 Å². The Kier molecular flexibility index (Phi) is 6.56. The molecule has 0 spiro atoms. The maximum Gasteiger partial charge on any atom is 0.246 e. The predicted molar refractivity (Wildman–Crippen MR) is 125 cm³/mol. The number of piperidine rings is 1. The Hall–Kier alpha value is -2.75. The molecule has 4 rings (SSSR count). The Labute approximate surface area is 197 Å². The minimum atomic E-state index is -3.80. The maximum atomic E-state index is 13.8. The fourth-order valence-electron chi connectivity index (χ4n) is 4.12. The Bertz CT molecular complexity index is 1280. The molecule has 174 valence electrons. The number of benzene rings is 2. The molecule has 0 atom stereocenters. The molecule has 7 nitrogen and oxygen atoms in total.